The fourth-order valence-electron chi connectivity index (χ4n) is 3.24. The van der Waals surface area contributed by atoms with Crippen LogP contribution in [0.5, 0.6) is 11.5 Å². The number of ether oxygens (including phenoxy) is 3. The summed E-state index contributed by atoms with van der Waals surface area (Å²) < 4.78 is 43.3. The molecule has 168 valence electrons. The minimum Gasteiger partial charge on any atom is -0.497 e. The van der Waals surface area contributed by atoms with Gasteiger partial charge < -0.3 is 14.2 Å². The second kappa shape index (κ2) is 9.25. The van der Waals surface area contributed by atoms with Gasteiger partial charge in [-0.1, -0.05) is 29.8 Å². The first kappa shape index (κ1) is 23.1. The molecular weight excluding hydrogens is 422 g/mol. The number of nitrogens with zero attached hydrogens (tertiary/aromatic N) is 1. The summed E-state index contributed by atoms with van der Waals surface area (Å²) >= 11 is -2.54. The van der Waals surface area contributed by atoms with Crippen LogP contribution in [0.3, 0.4) is 0 Å². The van der Waals surface area contributed by atoms with Crippen LogP contribution in [-0.4, -0.2) is 40.2 Å². The number of carbonyl (C=O) groups excluding carboxylic acids is 1. The van der Waals surface area contributed by atoms with Gasteiger partial charge in [0.05, 0.1) is 19.3 Å². The summed E-state index contributed by atoms with van der Waals surface area (Å²) in [4.78, 5) is 14.4. The van der Waals surface area contributed by atoms with Crippen LogP contribution in [0.2, 0.25) is 0 Å². The molecule has 2 aromatic carbocycles. The molecule has 0 bridgehead atoms. The molecule has 0 aromatic heterocycles. The fraction of sp³-hybridized carbons (Fsp3) is 0.409. The Balaban J connectivity index is 2.01. The zero-order valence-corrected chi connectivity index (χ0v) is 19.0. The number of hydrogen-bond acceptors (Lipinski definition) is 6. The highest BCUT2D eigenvalue weighted by Gasteiger charge is 2.38. The fourth-order valence-corrected chi connectivity index (χ4v) is 3.65. The molecule has 0 fully saturated rings. The predicted molar refractivity (Wildman–Crippen MR) is 117 cm³/mol. The summed E-state index contributed by atoms with van der Waals surface area (Å²) in [6, 6.07) is 12.4. The van der Waals surface area contributed by atoms with Crippen LogP contribution in [0, 0.1) is 6.92 Å². The summed E-state index contributed by atoms with van der Waals surface area (Å²) in [6.45, 7) is 7.35. The molecule has 1 N–H and O–H groups in total. The standard InChI is InChI=1S/C22H27NO7S/c1-14-6-8-15(9-7-14)20(30-31(25)26)19-13-23(21(24)29-22(2,3)4)17-11-10-16(27-5)12-18(17)28-19/h6-12,19-20H,13H2,1-5H3,(H,25,26). The van der Waals surface area contributed by atoms with E-state index in [1.54, 1.807) is 51.1 Å². The molecule has 2 aromatic rings. The van der Waals surface area contributed by atoms with Gasteiger partial charge >= 0.3 is 17.5 Å². The highest BCUT2D eigenvalue weighted by Crippen LogP contribution is 2.40. The maximum atomic E-state index is 13.0. The lowest BCUT2D eigenvalue weighted by Crippen LogP contribution is -2.48. The van der Waals surface area contributed by atoms with E-state index >= 15 is 0 Å². The molecular formula is C22H27NO7S. The number of benzene rings is 2. The Labute approximate surface area is 184 Å². The lowest BCUT2D eigenvalue weighted by Gasteiger charge is -2.38. The van der Waals surface area contributed by atoms with E-state index in [9.17, 15) is 13.6 Å². The number of hydrogen-bond donors (Lipinski definition) is 1. The Hall–Kier alpha value is -2.62. The van der Waals surface area contributed by atoms with Crippen molar-refractivity contribution in [3.63, 3.8) is 0 Å². The van der Waals surface area contributed by atoms with Crippen molar-refractivity contribution in [2.24, 2.45) is 0 Å². The number of aryl methyl sites for hydroxylation is 1. The van der Waals surface area contributed by atoms with Crippen molar-refractivity contribution >= 4 is 23.1 Å². The topological polar surface area (TPSA) is 94.5 Å². The smallest absolute Gasteiger partial charge is 0.415 e. The van der Waals surface area contributed by atoms with E-state index in [4.69, 9.17) is 18.4 Å². The van der Waals surface area contributed by atoms with Crippen molar-refractivity contribution in [2.75, 3.05) is 18.6 Å². The molecule has 1 heterocycles. The summed E-state index contributed by atoms with van der Waals surface area (Å²) in [5, 5.41) is 0. The molecule has 1 amide bonds. The predicted octanol–water partition coefficient (Wildman–Crippen LogP) is 4.40. The molecule has 1 aliphatic heterocycles. The summed E-state index contributed by atoms with van der Waals surface area (Å²) in [7, 11) is 1.53. The Morgan fingerprint density at radius 2 is 1.90 bits per heavy atom. The van der Waals surface area contributed by atoms with Crippen LogP contribution < -0.4 is 14.4 Å². The summed E-state index contributed by atoms with van der Waals surface area (Å²) in [6.07, 6.45) is -2.23. The molecule has 3 rings (SSSR count). The summed E-state index contributed by atoms with van der Waals surface area (Å²) in [5.41, 5.74) is 1.49. The van der Waals surface area contributed by atoms with E-state index in [0.29, 0.717) is 22.7 Å². The third kappa shape index (κ3) is 5.75. The first-order valence-electron chi connectivity index (χ1n) is 9.77. The van der Waals surface area contributed by atoms with E-state index in [1.165, 1.54) is 12.0 Å². The lowest BCUT2D eigenvalue weighted by atomic mass is 10.0. The van der Waals surface area contributed by atoms with Crippen molar-refractivity contribution in [3.8, 4) is 11.5 Å². The zero-order valence-electron chi connectivity index (χ0n) is 18.2. The molecule has 8 nitrogen and oxygen atoms in total. The van der Waals surface area contributed by atoms with Gasteiger partial charge in [-0.05, 0) is 45.4 Å². The van der Waals surface area contributed by atoms with E-state index in [-0.39, 0.29) is 6.54 Å². The van der Waals surface area contributed by atoms with Crippen molar-refractivity contribution in [1.29, 1.82) is 0 Å². The van der Waals surface area contributed by atoms with Crippen LogP contribution >= 0.6 is 0 Å². The third-order valence-corrected chi connectivity index (χ3v) is 5.01. The zero-order chi connectivity index (χ0) is 22.8. The highest BCUT2D eigenvalue weighted by atomic mass is 32.2. The normalized spacial score (nSPS) is 17.9. The number of methoxy groups -OCH3 is 1. The first-order chi connectivity index (χ1) is 14.6. The van der Waals surface area contributed by atoms with Crippen LogP contribution in [-0.2, 0) is 20.3 Å². The van der Waals surface area contributed by atoms with Crippen molar-refractivity contribution < 1.29 is 31.9 Å². The highest BCUT2D eigenvalue weighted by molar-refractivity contribution is 7.74. The van der Waals surface area contributed by atoms with Crippen LogP contribution in [0.1, 0.15) is 38.0 Å². The van der Waals surface area contributed by atoms with Crippen molar-refractivity contribution in [3.05, 3.63) is 53.6 Å². The van der Waals surface area contributed by atoms with Gasteiger partial charge in [-0.15, -0.1) is 0 Å². The maximum Gasteiger partial charge on any atom is 0.415 e. The van der Waals surface area contributed by atoms with E-state index in [2.05, 4.69) is 0 Å². The van der Waals surface area contributed by atoms with Gasteiger partial charge in [0, 0.05) is 6.07 Å². The monoisotopic (exact) mass is 449 g/mol. The minimum absolute atomic E-state index is 0.0595. The Bertz CT molecular complexity index is 955. The number of amides is 1. The van der Waals surface area contributed by atoms with Gasteiger partial charge in [-0.3, -0.25) is 13.6 Å². The van der Waals surface area contributed by atoms with Crippen LogP contribution in [0.25, 0.3) is 0 Å². The van der Waals surface area contributed by atoms with Gasteiger partial charge in [-0.25, -0.2) is 4.79 Å². The SMILES string of the molecule is COc1ccc2c(c1)OC(C(OS(=O)O)c1ccc(C)cc1)CN2C(=O)OC(C)(C)C. The van der Waals surface area contributed by atoms with E-state index < -0.39 is 35.3 Å². The second-order valence-corrected chi connectivity index (χ2v) is 8.85. The number of anilines is 1. The second-order valence-electron chi connectivity index (χ2n) is 8.23. The molecule has 31 heavy (non-hydrogen) atoms. The van der Waals surface area contributed by atoms with Gasteiger partial charge in [0.1, 0.15) is 29.3 Å². The van der Waals surface area contributed by atoms with Gasteiger partial charge in [0.2, 0.25) is 0 Å². The Kier molecular flexibility index (Phi) is 6.88. The van der Waals surface area contributed by atoms with E-state index in [0.717, 1.165) is 5.56 Å². The van der Waals surface area contributed by atoms with Gasteiger partial charge in [0.25, 0.3) is 0 Å². The van der Waals surface area contributed by atoms with E-state index in [1.807, 2.05) is 19.1 Å². The molecule has 0 saturated heterocycles. The average molecular weight is 450 g/mol. The minimum atomic E-state index is -2.54. The van der Waals surface area contributed by atoms with Gasteiger partial charge in [-0.2, -0.15) is 4.21 Å². The van der Waals surface area contributed by atoms with Gasteiger partial charge in [0.15, 0.2) is 0 Å². The maximum absolute atomic E-state index is 13.0. The third-order valence-electron chi connectivity index (χ3n) is 4.64. The number of fused-ring (bicyclic) bond motifs is 1. The molecule has 9 heteroatoms. The largest absolute Gasteiger partial charge is 0.497 e. The summed E-state index contributed by atoms with van der Waals surface area (Å²) in [5.74, 6) is 0.924. The lowest BCUT2D eigenvalue weighted by molar-refractivity contribution is 0.0388. The molecule has 0 saturated carbocycles. The molecule has 0 spiro atoms. The Morgan fingerprint density at radius 3 is 2.48 bits per heavy atom. The molecule has 0 radical (unpaired) electrons. The molecule has 0 aliphatic carbocycles. The van der Waals surface area contributed by atoms with Crippen molar-refractivity contribution in [2.45, 2.75) is 45.5 Å². The van der Waals surface area contributed by atoms with Crippen LogP contribution in [0.4, 0.5) is 10.5 Å². The Morgan fingerprint density at radius 1 is 1.23 bits per heavy atom. The molecule has 1 aliphatic rings. The van der Waals surface area contributed by atoms with Crippen molar-refractivity contribution in [1.82, 2.24) is 0 Å². The number of rotatable bonds is 5. The van der Waals surface area contributed by atoms with Crippen LogP contribution in [0.15, 0.2) is 42.5 Å². The molecule has 3 atom stereocenters. The quantitative estimate of drug-likeness (QED) is 0.676. The molecule has 3 unspecified atom stereocenters. The first-order valence-corrected chi connectivity index (χ1v) is 10.8. The number of carbonyl (C=O) groups is 1. The average Bonchev–Trinajstić information content (AvgIpc) is 2.70.